The van der Waals surface area contributed by atoms with Gasteiger partial charge in [-0.05, 0) is 52.5 Å². The first kappa shape index (κ1) is 14.7. The van der Waals surface area contributed by atoms with Gasteiger partial charge in [-0.2, -0.15) is 0 Å². The summed E-state index contributed by atoms with van der Waals surface area (Å²) in [6.07, 6.45) is 7.79. The van der Waals surface area contributed by atoms with E-state index < -0.39 is 0 Å². The predicted molar refractivity (Wildman–Crippen MR) is 86.6 cm³/mol. The van der Waals surface area contributed by atoms with Crippen LogP contribution in [0.3, 0.4) is 0 Å². The molecule has 2 nitrogen and oxygen atoms in total. The topological polar surface area (TPSA) is 15.6 Å². The van der Waals surface area contributed by atoms with Crippen molar-refractivity contribution in [3.05, 3.63) is 11.3 Å². The second-order valence-corrected chi connectivity index (χ2v) is 6.88. The van der Waals surface area contributed by atoms with Gasteiger partial charge in [0.05, 0.1) is 0 Å². The van der Waals surface area contributed by atoms with E-state index in [1.54, 1.807) is 11.3 Å². The molecule has 1 unspecified atom stereocenters. The Morgan fingerprint density at radius 1 is 1.21 bits per heavy atom. The summed E-state index contributed by atoms with van der Waals surface area (Å²) in [6.45, 7) is 8.97. The van der Waals surface area contributed by atoms with Crippen molar-refractivity contribution in [3.63, 3.8) is 0 Å². The molecule has 0 spiro atoms. The van der Waals surface area contributed by atoms with Crippen molar-refractivity contribution < 1.29 is 0 Å². The zero-order chi connectivity index (χ0) is 14.0. The van der Waals surface area contributed by atoms with E-state index in [-0.39, 0.29) is 0 Å². The molecule has 0 bridgehead atoms. The molecule has 2 rings (SSSR count). The van der Waals surface area contributed by atoms with Crippen molar-refractivity contribution in [2.24, 2.45) is 4.99 Å². The van der Waals surface area contributed by atoms with Crippen molar-refractivity contribution in [1.82, 2.24) is 4.90 Å². The van der Waals surface area contributed by atoms with E-state index in [1.807, 2.05) is 0 Å². The van der Waals surface area contributed by atoms with Gasteiger partial charge in [-0.25, -0.2) is 0 Å². The fourth-order valence-electron chi connectivity index (χ4n) is 3.51. The molecule has 0 amide bonds. The molecule has 1 aliphatic carbocycles. The minimum absolute atomic E-state index is 0.402. The molecule has 0 saturated heterocycles. The zero-order valence-corrected chi connectivity index (χ0v) is 13.4. The molecule has 0 N–H and O–H groups in total. The van der Waals surface area contributed by atoms with Crippen LogP contribution in [0.25, 0.3) is 0 Å². The van der Waals surface area contributed by atoms with Crippen molar-refractivity contribution in [2.75, 3.05) is 0 Å². The molecule has 19 heavy (non-hydrogen) atoms. The third-order valence-electron chi connectivity index (χ3n) is 4.23. The van der Waals surface area contributed by atoms with Gasteiger partial charge >= 0.3 is 0 Å². The average molecular weight is 260 g/mol. The van der Waals surface area contributed by atoms with Crippen LogP contribution in [0.4, 0.5) is 0 Å². The van der Waals surface area contributed by atoms with E-state index >= 15 is 0 Å². The fraction of sp³-hybridized carbons (Fsp3) is 0.812. The summed E-state index contributed by atoms with van der Waals surface area (Å²) in [5, 5.41) is 0. The van der Waals surface area contributed by atoms with Crippen molar-refractivity contribution in [3.8, 4) is 0 Å². The summed E-state index contributed by atoms with van der Waals surface area (Å²) in [5.74, 6) is 2.17. The molecule has 1 aliphatic heterocycles. The maximum atomic E-state index is 4.89. The molecule has 0 saturated carbocycles. The smallest absolute Gasteiger partial charge is 0.108 e. The van der Waals surface area contributed by atoms with Gasteiger partial charge in [0.2, 0.25) is 0 Å². The van der Waals surface area contributed by atoms with Crippen LogP contribution >= 0.6 is 0 Å². The maximum absolute atomic E-state index is 4.89. The molecule has 0 aromatic carbocycles. The Morgan fingerprint density at radius 2 is 1.95 bits per heavy atom. The average Bonchev–Trinajstić information content (AvgIpc) is 2.58. The van der Waals surface area contributed by atoms with Crippen molar-refractivity contribution >= 4 is 13.7 Å². The van der Waals surface area contributed by atoms with Gasteiger partial charge in [0.15, 0.2) is 0 Å². The Balaban J connectivity index is 2.29. The molecule has 1 atom stereocenters. The SMILES string of the molecule is BC1CCCCC2=C(C/C(=N/C(C)C)N2C(C)C)C1. The van der Waals surface area contributed by atoms with E-state index in [0.29, 0.717) is 12.1 Å². The molecule has 0 radical (unpaired) electrons. The van der Waals surface area contributed by atoms with Gasteiger partial charge in [-0.15, -0.1) is 0 Å². The Hall–Kier alpha value is -0.725. The highest BCUT2D eigenvalue weighted by Gasteiger charge is 2.31. The second kappa shape index (κ2) is 6.15. The van der Waals surface area contributed by atoms with Gasteiger partial charge in [-0.3, -0.25) is 4.99 Å². The summed E-state index contributed by atoms with van der Waals surface area (Å²) in [7, 11) is 2.41. The largest absolute Gasteiger partial charge is 0.331 e. The van der Waals surface area contributed by atoms with Crippen LogP contribution in [0.1, 0.15) is 66.2 Å². The minimum Gasteiger partial charge on any atom is -0.331 e. The van der Waals surface area contributed by atoms with Gasteiger partial charge in [0, 0.05) is 24.2 Å². The Morgan fingerprint density at radius 3 is 2.58 bits per heavy atom. The van der Waals surface area contributed by atoms with Gasteiger partial charge < -0.3 is 4.90 Å². The highest BCUT2D eigenvalue weighted by molar-refractivity contribution is 6.11. The van der Waals surface area contributed by atoms with E-state index in [2.05, 4.69) is 40.4 Å². The number of hydrogen-bond acceptors (Lipinski definition) is 1. The molecule has 0 aromatic rings. The van der Waals surface area contributed by atoms with Crippen LogP contribution in [0.5, 0.6) is 0 Å². The lowest BCUT2D eigenvalue weighted by Crippen LogP contribution is -2.33. The first-order valence-corrected chi connectivity index (χ1v) is 8.05. The monoisotopic (exact) mass is 260 g/mol. The highest BCUT2D eigenvalue weighted by Crippen LogP contribution is 2.38. The molecule has 3 heteroatoms. The number of aliphatic imine (C=N–C) groups is 1. The summed E-state index contributed by atoms with van der Waals surface area (Å²) in [4.78, 5) is 7.43. The lowest BCUT2D eigenvalue weighted by molar-refractivity contribution is 0.404. The summed E-state index contributed by atoms with van der Waals surface area (Å²) in [5.41, 5.74) is 3.29. The first-order valence-electron chi connectivity index (χ1n) is 8.05. The lowest BCUT2D eigenvalue weighted by atomic mass is 9.76. The molecule has 2 aliphatic rings. The molecular formula is C16H29BN2. The van der Waals surface area contributed by atoms with Gasteiger partial charge in [-0.1, -0.05) is 18.7 Å². The van der Waals surface area contributed by atoms with Crippen LogP contribution in [0.15, 0.2) is 16.3 Å². The molecular weight excluding hydrogens is 231 g/mol. The molecule has 1 heterocycles. The number of allylic oxidation sites excluding steroid dienone is 1. The first-order chi connectivity index (χ1) is 8.99. The van der Waals surface area contributed by atoms with Crippen LogP contribution in [0.2, 0.25) is 5.82 Å². The maximum Gasteiger partial charge on any atom is 0.108 e. The van der Waals surface area contributed by atoms with Crippen molar-refractivity contribution in [1.29, 1.82) is 0 Å². The summed E-state index contributed by atoms with van der Waals surface area (Å²) in [6, 6.07) is 0.944. The normalized spacial score (nSPS) is 27.2. The van der Waals surface area contributed by atoms with Crippen LogP contribution in [0, 0.1) is 0 Å². The quantitative estimate of drug-likeness (QED) is 0.693. The van der Waals surface area contributed by atoms with Gasteiger partial charge in [0.25, 0.3) is 0 Å². The van der Waals surface area contributed by atoms with Crippen LogP contribution in [-0.2, 0) is 0 Å². The van der Waals surface area contributed by atoms with Crippen LogP contribution in [-0.4, -0.2) is 30.7 Å². The highest BCUT2D eigenvalue weighted by atomic mass is 15.2. The minimum atomic E-state index is 0.402. The van der Waals surface area contributed by atoms with E-state index in [9.17, 15) is 0 Å². The number of rotatable bonds is 2. The van der Waals surface area contributed by atoms with E-state index in [0.717, 1.165) is 12.2 Å². The molecule has 0 fully saturated rings. The predicted octanol–water partition coefficient (Wildman–Crippen LogP) is 3.55. The Labute approximate surface area is 119 Å². The molecule has 0 aromatic heterocycles. The summed E-state index contributed by atoms with van der Waals surface area (Å²) >= 11 is 0. The number of amidine groups is 1. The standard InChI is InChI=1S/C16H29BN2/c1-11(2)18-16-10-13-9-14(17)7-5-6-8-15(13)19(16)12(3)4/h11-12,14H,5-10,17H2,1-4H3/b18-16-. The van der Waals surface area contributed by atoms with E-state index in [4.69, 9.17) is 4.99 Å². The lowest BCUT2D eigenvalue weighted by Gasteiger charge is -2.29. The van der Waals surface area contributed by atoms with E-state index in [1.165, 1.54) is 37.9 Å². The zero-order valence-electron chi connectivity index (χ0n) is 13.4. The number of nitrogens with zero attached hydrogens (tertiary/aromatic N) is 2. The number of hydrogen-bond donors (Lipinski definition) is 0. The fourth-order valence-corrected chi connectivity index (χ4v) is 3.51. The second-order valence-electron chi connectivity index (χ2n) is 6.88. The Bertz CT molecular complexity index is 382. The summed E-state index contributed by atoms with van der Waals surface area (Å²) < 4.78 is 0. The third kappa shape index (κ3) is 3.43. The molecule has 106 valence electrons. The van der Waals surface area contributed by atoms with Gasteiger partial charge in [0.1, 0.15) is 13.7 Å². The Kier molecular flexibility index (Phi) is 4.75. The van der Waals surface area contributed by atoms with Crippen LogP contribution < -0.4 is 0 Å². The third-order valence-corrected chi connectivity index (χ3v) is 4.23. The van der Waals surface area contributed by atoms with Crippen molar-refractivity contribution in [2.45, 2.75) is 84.1 Å².